The van der Waals surface area contributed by atoms with Crippen LogP contribution < -0.4 is 14.8 Å². The maximum absolute atomic E-state index is 12.4. The van der Waals surface area contributed by atoms with Crippen LogP contribution in [0.25, 0.3) is 0 Å². The van der Waals surface area contributed by atoms with Gasteiger partial charge in [-0.05, 0) is 18.6 Å². The average Bonchev–Trinajstić information content (AvgIpc) is 2.64. The highest BCUT2D eigenvalue weighted by Gasteiger charge is 2.29. The van der Waals surface area contributed by atoms with Gasteiger partial charge in [0.15, 0.2) is 12.7 Å². The van der Waals surface area contributed by atoms with Gasteiger partial charge in [0.05, 0.1) is 16.7 Å². The number of nitro benzene ring substituents is 1. The van der Waals surface area contributed by atoms with Gasteiger partial charge < -0.3 is 14.8 Å². The molecule has 2 rings (SSSR count). The molecule has 0 saturated carbocycles. The SMILES string of the molecule is CC[C@@H](Oc1ccccc1)C(=O)Nc1cc(OCC(F)(F)F)cc([N+](=O)[O-])c1. The predicted octanol–water partition coefficient (Wildman–Crippen LogP) is 4.33. The van der Waals surface area contributed by atoms with Crippen molar-refractivity contribution in [3.05, 3.63) is 58.6 Å². The summed E-state index contributed by atoms with van der Waals surface area (Å²) >= 11 is 0. The second kappa shape index (κ2) is 9.07. The summed E-state index contributed by atoms with van der Waals surface area (Å²) in [5.41, 5.74) is -0.599. The molecule has 10 heteroatoms. The lowest BCUT2D eigenvalue weighted by Crippen LogP contribution is -2.32. The van der Waals surface area contributed by atoms with Gasteiger partial charge in [0.2, 0.25) is 0 Å². The van der Waals surface area contributed by atoms with E-state index in [0.29, 0.717) is 12.2 Å². The largest absolute Gasteiger partial charge is 0.484 e. The molecule has 2 aromatic rings. The molecule has 0 fully saturated rings. The number of nitro groups is 1. The normalized spacial score (nSPS) is 12.1. The molecule has 7 nitrogen and oxygen atoms in total. The second-order valence-electron chi connectivity index (χ2n) is 5.69. The highest BCUT2D eigenvalue weighted by molar-refractivity contribution is 5.94. The van der Waals surface area contributed by atoms with E-state index in [4.69, 9.17) is 4.74 Å². The van der Waals surface area contributed by atoms with Crippen molar-refractivity contribution >= 4 is 17.3 Å². The molecule has 1 atom stereocenters. The van der Waals surface area contributed by atoms with Gasteiger partial charge in [0, 0.05) is 12.1 Å². The lowest BCUT2D eigenvalue weighted by atomic mass is 10.2. The summed E-state index contributed by atoms with van der Waals surface area (Å²) in [4.78, 5) is 22.6. The zero-order valence-corrected chi connectivity index (χ0v) is 14.7. The van der Waals surface area contributed by atoms with Gasteiger partial charge in [0.25, 0.3) is 11.6 Å². The molecule has 0 unspecified atom stereocenters. The molecule has 150 valence electrons. The Labute approximate surface area is 158 Å². The van der Waals surface area contributed by atoms with E-state index in [9.17, 15) is 28.1 Å². The number of carbonyl (C=O) groups excluding carboxylic acids is 1. The Morgan fingerprint density at radius 1 is 1.18 bits per heavy atom. The molecule has 1 N–H and O–H groups in total. The number of hydrogen-bond acceptors (Lipinski definition) is 5. The van der Waals surface area contributed by atoms with Crippen LogP contribution in [0.3, 0.4) is 0 Å². The lowest BCUT2D eigenvalue weighted by molar-refractivity contribution is -0.384. The van der Waals surface area contributed by atoms with Crippen LogP contribution in [0.1, 0.15) is 13.3 Å². The van der Waals surface area contributed by atoms with Crippen molar-refractivity contribution in [1.29, 1.82) is 0 Å². The number of benzene rings is 2. The van der Waals surface area contributed by atoms with Crippen molar-refractivity contribution < 1.29 is 32.4 Å². The first-order valence-corrected chi connectivity index (χ1v) is 8.19. The Bertz CT molecular complexity index is 828. The predicted molar refractivity (Wildman–Crippen MR) is 94.4 cm³/mol. The quantitative estimate of drug-likeness (QED) is 0.528. The third kappa shape index (κ3) is 6.45. The van der Waals surface area contributed by atoms with Crippen LogP contribution >= 0.6 is 0 Å². The van der Waals surface area contributed by atoms with Crippen molar-refractivity contribution in [2.45, 2.75) is 25.6 Å². The fourth-order valence-corrected chi connectivity index (χ4v) is 2.22. The molecule has 0 saturated heterocycles. The molecule has 0 aliphatic heterocycles. The molecule has 0 aliphatic carbocycles. The van der Waals surface area contributed by atoms with E-state index in [-0.39, 0.29) is 11.4 Å². The number of halogens is 3. The summed E-state index contributed by atoms with van der Waals surface area (Å²) in [6.45, 7) is 0.0920. The molecule has 0 aliphatic rings. The number of amides is 1. The number of carbonyl (C=O) groups is 1. The number of anilines is 1. The minimum absolute atomic E-state index is 0.0773. The summed E-state index contributed by atoms with van der Waals surface area (Å²) in [5, 5.41) is 13.4. The Balaban J connectivity index is 2.16. The molecule has 0 heterocycles. The van der Waals surface area contributed by atoms with Crippen LogP contribution in [0.15, 0.2) is 48.5 Å². The number of ether oxygens (including phenoxy) is 2. The Morgan fingerprint density at radius 2 is 1.86 bits per heavy atom. The average molecular weight is 398 g/mol. The Morgan fingerprint density at radius 3 is 2.43 bits per heavy atom. The van der Waals surface area contributed by atoms with Crippen LogP contribution in [-0.4, -0.2) is 29.7 Å². The van der Waals surface area contributed by atoms with Crippen molar-refractivity contribution in [2.75, 3.05) is 11.9 Å². The number of rotatable bonds is 8. The number of para-hydroxylation sites is 1. The zero-order chi connectivity index (χ0) is 20.7. The molecule has 2 aromatic carbocycles. The zero-order valence-electron chi connectivity index (χ0n) is 14.7. The van der Waals surface area contributed by atoms with Gasteiger partial charge in [-0.3, -0.25) is 14.9 Å². The maximum Gasteiger partial charge on any atom is 0.422 e. The van der Waals surface area contributed by atoms with Crippen molar-refractivity contribution in [1.82, 2.24) is 0 Å². The van der Waals surface area contributed by atoms with Crippen molar-refractivity contribution in [3.8, 4) is 11.5 Å². The lowest BCUT2D eigenvalue weighted by Gasteiger charge is -2.17. The first kappa shape index (κ1) is 21.0. The van der Waals surface area contributed by atoms with E-state index >= 15 is 0 Å². The van der Waals surface area contributed by atoms with Gasteiger partial charge in [-0.15, -0.1) is 0 Å². The van der Waals surface area contributed by atoms with E-state index in [1.807, 2.05) is 0 Å². The molecule has 1 amide bonds. The molecule has 0 spiro atoms. The van der Waals surface area contributed by atoms with Crippen LogP contribution in [0.4, 0.5) is 24.5 Å². The van der Waals surface area contributed by atoms with Crippen LogP contribution in [-0.2, 0) is 4.79 Å². The van der Waals surface area contributed by atoms with E-state index < -0.39 is 35.4 Å². The van der Waals surface area contributed by atoms with E-state index in [2.05, 4.69) is 10.1 Å². The number of nitrogens with zero attached hydrogens (tertiary/aromatic N) is 1. The van der Waals surface area contributed by atoms with Crippen LogP contribution in [0, 0.1) is 10.1 Å². The minimum atomic E-state index is -4.61. The molecular formula is C18H17F3N2O5. The third-order valence-electron chi connectivity index (χ3n) is 3.46. The highest BCUT2D eigenvalue weighted by Crippen LogP contribution is 2.28. The van der Waals surface area contributed by atoms with E-state index in [0.717, 1.165) is 18.2 Å². The number of non-ortho nitro benzene ring substituents is 1. The van der Waals surface area contributed by atoms with Crippen LogP contribution in [0.2, 0.25) is 0 Å². The Hall–Kier alpha value is -3.30. The first-order valence-electron chi connectivity index (χ1n) is 8.19. The Kier molecular flexibility index (Phi) is 6.80. The smallest absolute Gasteiger partial charge is 0.422 e. The van der Waals surface area contributed by atoms with Gasteiger partial charge in [-0.25, -0.2) is 0 Å². The van der Waals surface area contributed by atoms with E-state index in [1.54, 1.807) is 37.3 Å². The molecule has 28 heavy (non-hydrogen) atoms. The summed E-state index contributed by atoms with van der Waals surface area (Å²) in [6, 6.07) is 11.5. The molecule has 0 aromatic heterocycles. The summed E-state index contributed by atoms with van der Waals surface area (Å²) in [7, 11) is 0. The molecule has 0 bridgehead atoms. The van der Waals surface area contributed by atoms with Crippen LogP contribution in [0.5, 0.6) is 11.5 Å². The summed E-state index contributed by atoms with van der Waals surface area (Å²) < 4.78 is 47.1. The summed E-state index contributed by atoms with van der Waals surface area (Å²) in [6.07, 6.45) is -5.21. The third-order valence-corrected chi connectivity index (χ3v) is 3.46. The fraction of sp³-hybridized carbons (Fsp3) is 0.278. The monoisotopic (exact) mass is 398 g/mol. The van der Waals surface area contributed by atoms with Gasteiger partial charge in [-0.1, -0.05) is 25.1 Å². The highest BCUT2D eigenvalue weighted by atomic mass is 19.4. The van der Waals surface area contributed by atoms with Gasteiger partial charge >= 0.3 is 6.18 Å². The molecule has 0 radical (unpaired) electrons. The standard InChI is InChI=1S/C18H17F3N2O5/c1-2-16(28-14-6-4-3-5-7-14)17(24)22-12-8-13(23(25)26)10-15(9-12)27-11-18(19,20)21/h3-10,16H,2,11H2,1H3,(H,22,24)/t16-/m1/s1. The van der Waals surface area contributed by atoms with Gasteiger partial charge in [-0.2, -0.15) is 13.2 Å². The fourth-order valence-electron chi connectivity index (χ4n) is 2.22. The second-order valence-corrected chi connectivity index (χ2v) is 5.69. The van der Waals surface area contributed by atoms with Crippen molar-refractivity contribution in [3.63, 3.8) is 0 Å². The summed E-state index contributed by atoms with van der Waals surface area (Å²) in [5.74, 6) is -0.537. The number of alkyl halides is 3. The first-order chi connectivity index (χ1) is 13.2. The minimum Gasteiger partial charge on any atom is -0.484 e. The van der Waals surface area contributed by atoms with Crippen molar-refractivity contribution in [2.24, 2.45) is 0 Å². The number of hydrogen-bond donors (Lipinski definition) is 1. The van der Waals surface area contributed by atoms with Gasteiger partial charge in [0.1, 0.15) is 11.5 Å². The maximum atomic E-state index is 12.4. The van der Waals surface area contributed by atoms with E-state index in [1.165, 1.54) is 0 Å². The number of nitrogens with one attached hydrogen (secondary N) is 1. The topological polar surface area (TPSA) is 90.7 Å². The molecular weight excluding hydrogens is 381 g/mol.